The molecule has 5 rings (SSSR count). The molecule has 0 unspecified atom stereocenters. The van der Waals surface area contributed by atoms with E-state index in [4.69, 9.17) is 4.74 Å². The van der Waals surface area contributed by atoms with E-state index in [0.29, 0.717) is 10.6 Å². The summed E-state index contributed by atoms with van der Waals surface area (Å²) in [5, 5.41) is 11.3. The lowest BCUT2D eigenvalue weighted by molar-refractivity contribution is -0.153. The highest BCUT2D eigenvalue weighted by molar-refractivity contribution is 5.57. The first-order chi connectivity index (χ1) is 16.0. The zero-order valence-electron chi connectivity index (χ0n) is 17.9. The van der Waals surface area contributed by atoms with Gasteiger partial charge in [0.1, 0.15) is 5.69 Å². The van der Waals surface area contributed by atoms with Gasteiger partial charge in [0.2, 0.25) is 5.95 Å². The molecule has 8 nitrogen and oxygen atoms in total. The fourth-order valence-electron chi connectivity index (χ4n) is 4.88. The van der Waals surface area contributed by atoms with Crippen LogP contribution >= 0.6 is 0 Å². The number of hydrogen-bond donors (Lipinski definition) is 1. The van der Waals surface area contributed by atoms with E-state index in [1.54, 1.807) is 10.9 Å². The molecule has 3 aromatic rings. The number of hydrogen-bond acceptors (Lipinski definition) is 6. The predicted octanol–water partition coefficient (Wildman–Crippen LogP) is 3.75. The van der Waals surface area contributed by atoms with E-state index in [1.807, 2.05) is 13.2 Å². The summed E-state index contributed by atoms with van der Waals surface area (Å²) in [6.07, 6.45) is -3.85. The van der Waals surface area contributed by atoms with Crippen LogP contribution in [0.15, 0.2) is 24.5 Å². The monoisotopic (exact) mass is 489 g/mol. The molecule has 3 atom stereocenters. The van der Waals surface area contributed by atoms with E-state index < -0.39 is 36.1 Å². The molecule has 14 heteroatoms. The summed E-state index contributed by atoms with van der Waals surface area (Å²) in [6.45, 7) is -0.178. The molecule has 1 saturated heterocycles. The maximum Gasteiger partial charge on any atom is 0.433 e. The molecule has 2 aliphatic rings. The van der Waals surface area contributed by atoms with E-state index in [-0.39, 0.29) is 23.8 Å². The normalized spacial score (nSPS) is 23.0. The Bertz CT molecular complexity index is 1170. The number of halogens is 6. The number of aryl methyl sites for hydroxylation is 1. The van der Waals surface area contributed by atoms with Crippen LogP contribution in [0.25, 0.3) is 5.65 Å². The Labute approximate surface area is 189 Å². The fraction of sp³-hybridized carbons (Fsp3) is 0.550. The number of ether oxygens (including phenoxy) is 1. The Morgan fingerprint density at radius 3 is 2.38 bits per heavy atom. The molecule has 1 N–H and O–H groups in total. The summed E-state index contributed by atoms with van der Waals surface area (Å²) in [5.74, 6) is -0.104. The lowest BCUT2D eigenvalue weighted by Gasteiger charge is -2.38. The second-order valence-electron chi connectivity index (χ2n) is 8.70. The van der Waals surface area contributed by atoms with E-state index in [2.05, 4.69) is 25.4 Å². The molecular weight excluding hydrogens is 468 g/mol. The summed E-state index contributed by atoms with van der Waals surface area (Å²) < 4.78 is 85.2. The van der Waals surface area contributed by atoms with Crippen LogP contribution in [-0.2, 0) is 13.2 Å². The minimum atomic E-state index is -4.78. The van der Waals surface area contributed by atoms with E-state index in [9.17, 15) is 26.3 Å². The maximum absolute atomic E-state index is 13.5. The van der Waals surface area contributed by atoms with Gasteiger partial charge in [-0.3, -0.25) is 4.68 Å². The van der Waals surface area contributed by atoms with Crippen LogP contribution in [0.5, 0.6) is 5.75 Å². The van der Waals surface area contributed by atoms with Crippen LogP contribution < -0.4 is 15.0 Å². The van der Waals surface area contributed by atoms with Crippen molar-refractivity contribution in [2.24, 2.45) is 18.9 Å². The molecule has 0 spiro atoms. The minimum absolute atomic E-state index is 0.0702. The third-order valence-electron chi connectivity index (χ3n) is 6.32. The summed E-state index contributed by atoms with van der Waals surface area (Å²) in [4.78, 5) is 6.31. The zero-order chi connectivity index (χ0) is 24.3. The molecule has 1 saturated carbocycles. The standard InChI is InChI=1S/C20H21F6N7O/c1-31-9-13(6-27-31)32-7-11-2-3-12(8-32)16(11)28-18-29-17-14(34-10-19(21,22)23)4-5-15(20(24,25)26)33(17)30-18/h4-6,9,11-12,16H,2-3,7-8,10H2,1H3,(H,28,30)/t11-,12+,16-. The number of pyridine rings is 1. The van der Waals surface area contributed by atoms with Crippen molar-refractivity contribution in [3.8, 4) is 5.75 Å². The Hall–Kier alpha value is -3.19. The highest BCUT2D eigenvalue weighted by Gasteiger charge is 2.43. The lowest BCUT2D eigenvalue weighted by atomic mass is 9.92. The van der Waals surface area contributed by atoms with Crippen LogP contribution in [0.3, 0.4) is 0 Å². The molecule has 3 aromatic heterocycles. The number of anilines is 2. The van der Waals surface area contributed by atoms with Gasteiger partial charge in [0.05, 0.1) is 11.9 Å². The van der Waals surface area contributed by atoms with Gasteiger partial charge in [-0.1, -0.05) is 0 Å². The molecular formula is C20H21F6N7O. The summed E-state index contributed by atoms with van der Waals surface area (Å²) >= 11 is 0. The Morgan fingerprint density at radius 1 is 1.09 bits per heavy atom. The van der Waals surface area contributed by atoms with Gasteiger partial charge in [-0.05, 0) is 36.8 Å². The molecule has 1 aliphatic carbocycles. The minimum Gasteiger partial charge on any atom is -0.480 e. The lowest BCUT2D eigenvalue weighted by Crippen LogP contribution is -2.48. The number of aromatic nitrogens is 5. The average molecular weight is 489 g/mol. The topological polar surface area (TPSA) is 72.5 Å². The molecule has 1 aliphatic heterocycles. The maximum atomic E-state index is 13.5. The number of nitrogens with zero attached hydrogens (tertiary/aromatic N) is 6. The first-order valence-corrected chi connectivity index (χ1v) is 10.6. The van der Waals surface area contributed by atoms with Crippen molar-refractivity contribution in [1.82, 2.24) is 24.4 Å². The second kappa shape index (κ2) is 7.94. The van der Waals surface area contributed by atoms with Crippen LogP contribution in [0.1, 0.15) is 18.5 Å². The molecule has 34 heavy (non-hydrogen) atoms. The number of alkyl halides is 6. The van der Waals surface area contributed by atoms with E-state index in [0.717, 1.165) is 37.7 Å². The summed E-state index contributed by atoms with van der Waals surface area (Å²) in [6, 6.07) is 1.39. The molecule has 2 fully saturated rings. The van der Waals surface area contributed by atoms with Crippen molar-refractivity contribution >= 4 is 17.3 Å². The van der Waals surface area contributed by atoms with Crippen molar-refractivity contribution in [3.05, 3.63) is 30.2 Å². The zero-order valence-corrected chi connectivity index (χ0v) is 17.9. The highest BCUT2D eigenvalue weighted by atomic mass is 19.4. The molecule has 4 heterocycles. The van der Waals surface area contributed by atoms with Gasteiger partial charge >= 0.3 is 12.4 Å². The van der Waals surface area contributed by atoms with Gasteiger partial charge in [-0.2, -0.15) is 36.4 Å². The Balaban J connectivity index is 1.41. The number of nitrogens with one attached hydrogen (secondary N) is 1. The number of rotatable bonds is 5. The largest absolute Gasteiger partial charge is 0.480 e. The Kier molecular flexibility index (Phi) is 5.28. The summed E-state index contributed by atoms with van der Waals surface area (Å²) in [7, 11) is 1.84. The molecule has 0 radical (unpaired) electrons. The third-order valence-corrected chi connectivity index (χ3v) is 6.32. The van der Waals surface area contributed by atoms with Gasteiger partial charge in [-0.15, -0.1) is 5.10 Å². The van der Waals surface area contributed by atoms with Crippen LogP contribution in [-0.4, -0.2) is 56.3 Å². The Morgan fingerprint density at radius 2 is 1.79 bits per heavy atom. The number of piperidine rings is 1. The molecule has 184 valence electrons. The van der Waals surface area contributed by atoms with Crippen molar-refractivity contribution in [2.45, 2.75) is 31.2 Å². The molecule has 0 aromatic carbocycles. The van der Waals surface area contributed by atoms with Gasteiger partial charge in [-0.25, -0.2) is 4.52 Å². The highest BCUT2D eigenvalue weighted by Crippen LogP contribution is 2.40. The van der Waals surface area contributed by atoms with Crippen LogP contribution in [0.4, 0.5) is 38.0 Å². The molecule has 2 bridgehead atoms. The fourth-order valence-corrected chi connectivity index (χ4v) is 4.88. The van der Waals surface area contributed by atoms with Gasteiger partial charge in [0.15, 0.2) is 18.0 Å². The van der Waals surface area contributed by atoms with Gasteiger partial charge in [0.25, 0.3) is 0 Å². The van der Waals surface area contributed by atoms with Crippen LogP contribution in [0.2, 0.25) is 0 Å². The predicted molar refractivity (Wildman–Crippen MR) is 109 cm³/mol. The van der Waals surface area contributed by atoms with Crippen molar-refractivity contribution in [2.75, 3.05) is 29.9 Å². The van der Waals surface area contributed by atoms with Crippen LogP contribution in [0, 0.1) is 11.8 Å². The van der Waals surface area contributed by atoms with Crippen molar-refractivity contribution in [3.63, 3.8) is 0 Å². The van der Waals surface area contributed by atoms with Crippen molar-refractivity contribution < 1.29 is 31.1 Å². The van der Waals surface area contributed by atoms with Crippen molar-refractivity contribution in [1.29, 1.82) is 0 Å². The molecule has 0 amide bonds. The first-order valence-electron chi connectivity index (χ1n) is 10.6. The van der Waals surface area contributed by atoms with Gasteiger partial charge in [0, 0.05) is 32.4 Å². The van der Waals surface area contributed by atoms with E-state index in [1.165, 1.54) is 0 Å². The first kappa shape index (κ1) is 22.6. The number of fused-ring (bicyclic) bond motifs is 3. The third kappa shape index (κ3) is 4.32. The SMILES string of the molecule is Cn1cc(N2C[C@H]3CC[C@@H](C2)[C@@H]3Nc2nc3c(OCC(F)(F)F)ccc(C(F)(F)F)n3n2)cn1. The average Bonchev–Trinajstić information content (AvgIpc) is 3.41. The quantitative estimate of drug-likeness (QED) is 0.551. The van der Waals surface area contributed by atoms with Gasteiger partial charge < -0.3 is 15.0 Å². The summed E-state index contributed by atoms with van der Waals surface area (Å²) in [5.41, 5.74) is -0.580. The smallest absolute Gasteiger partial charge is 0.433 e. The second-order valence-corrected chi connectivity index (χ2v) is 8.70. The van der Waals surface area contributed by atoms with E-state index >= 15 is 0 Å².